The van der Waals surface area contributed by atoms with Gasteiger partial charge in [-0.3, -0.25) is 14.3 Å². The van der Waals surface area contributed by atoms with Gasteiger partial charge in [0.15, 0.2) is 0 Å². The third-order valence-electron chi connectivity index (χ3n) is 2.24. The molecular weight excluding hydrogens is 357 g/mol. The number of aromatic nitrogens is 2. The Kier molecular flexibility index (Phi) is 3.60. The van der Waals surface area contributed by atoms with E-state index in [0.717, 1.165) is 18.2 Å². The van der Waals surface area contributed by atoms with Crippen molar-refractivity contribution in [1.82, 2.24) is 9.55 Å². The van der Waals surface area contributed by atoms with Crippen molar-refractivity contribution in [3.8, 4) is 0 Å². The second-order valence-corrected chi connectivity index (χ2v) is 4.80. The molecule has 18 heavy (non-hydrogen) atoms. The summed E-state index contributed by atoms with van der Waals surface area (Å²) in [6.07, 6.45) is 1.34. The maximum absolute atomic E-state index is 13.0. The lowest BCUT2D eigenvalue weighted by molar-refractivity contribution is 0.576. The summed E-state index contributed by atoms with van der Waals surface area (Å²) in [6, 6.07) is 3.02. The number of aromatic amines is 1. The van der Waals surface area contributed by atoms with Gasteiger partial charge >= 0.3 is 5.69 Å². The van der Waals surface area contributed by atoms with Gasteiger partial charge in [-0.2, -0.15) is 0 Å². The Hall–Kier alpha value is -1.51. The highest BCUT2D eigenvalue weighted by Gasteiger charge is 2.05. The van der Waals surface area contributed by atoms with Crippen LogP contribution in [0.1, 0.15) is 5.56 Å². The fraction of sp³-hybridized carbons (Fsp3) is 0.0909. The van der Waals surface area contributed by atoms with Crippen molar-refractivity contribution in [2.45, 2.75) is 6.54 Å². The molecule has 0 unspecified atom stereocenters. The Morgan fingerprint density at radius 1 is 1.17 bits per heavy atom. The maximum atomic E-state index is 13.0. The molecule has 2 aromatic rings. The molecule has 1 heterocycles. The van der Waals surface area contributed by atoms with Crippen LogP contribution in [0, 0.1) is 15.2 Å². The SMILES string of the molecule is O=c1[nH]c(=O)n(Cc2cc(F)cc(F)c2)cc1I. The molecule has 1 N–H and O–H groups in total. The summed E-state index contributed by atoms with van der Waals surface area (Å²) in [4.78, 5) is 24.8. The highest BCUT2D eigenvalue weighted by atomic mass is 127. The topological polar surface area (TPSA) is 54.9 Å². The van der Waals surface area contributed by atoms with E-state index in [9.17, 15) is 18.4 Å². The molecule has 0 fully saturated rings. The highest BCUT2D eigenvalue weighted by molar-refractivity contribution is 14.1. The number of hydrogen-bond donors (Lipinski definition) is 1. The van der Waals surface area contributed by atoms with Crippen LogP contribution in [-0.4, -0.2) is 9.55 Å². The number of benzene rings is 1. The molecule has 2 rings (SSSR count). The van der Waals surface area contributed by atoms with Crippen LogP contribution < -0.4 is 11.2 Å². The standard InChI is InChI=1S/C11H7F2IN2O2/c12-7-1-6(2-8(13)3-7)4-16-5-9(14)10(17)15-11(16)18/h1-3,5H,4H2,(H,15,17,18). The Bertz CT molecular complexity index is 689. The summed E-state index contributed by atoms with van der Waals surface area (Å²) in [5.74, 6) is -1.42. The minimum absolute atomic E-state index is 0.0136. The average molecular weight is 364 g/mol. The minimum atomic E-state index is -0.711. The molecule has 0 radical (unpaired) electrons. The lowest BCUT2D eigenvalue weighted by atomic mass is 10.2. The van der Waals surface area contributed by atoms with Gasteiger partial charge in [-0.15, -0.1) is 0 Å². The zero-order chi connectivity index (χ0) is 13.3. The van der Waals surface area contributed by atoms with Gasteiger partial charge in [0.05, 0.1) is 10.1 Å². The zero-order valence-corrected chi connectivity index (χ0v) is 11.1. The molecule has 0 saturated carbocycles. The van der Waals surface area contributed by atoms with Crippen LogP contribution in [0.4, 0.5) is 8.78 Å². The van der Waals surface area contributed by atoms with Gasteiger partial charge in [-0.05, 0) is 40.3 Å². The minimum Gasteiger partial charge on any atom is -0.295 e. The van der Waals surface area contributed by atoms with E-state index in [1.807, 2.05) is 0 Å². The maximum Gasteiger partial charge on any atom is 0.328 e. The van der Waals surface area contributed by atoms with Crippen LogP contribution in [0.3, 0.4) is 0 Å². The van der Waals surface area contributed by atoms with E-state index in [2.05, 4.69) is 4.98 Å². The molecule has 0 aliphatic carbocycles. The second-order valence-electron chi connectivity index (χ2n) is 3.64. The van der Waals surface area contributed by atoms with Crippen molar-refractivity contribution in [3.63, 3.8) is 0 Å². The lowest BCUT2D eigenvalue weighted by Gasteiger charge is -2.06. The normalized spacial score (nSPS) is 10.6. The lowest BCUT2D eigenvalue weighted by Crippen LogP contribution is -2.31. The molecule has 0 aliphatic heterocycles. The molecule has 0 aliphatic rings. The summed E-state index contributed by atoms with van der Waals surface area (Å²) < 4.78 is 27.5. The van der Waals surface area contributed by atoms with Crippen molar-refractivity contribution in [2.75, 3.05) is 0 Å². The van der Waals surface area contributed by atoms with E-state index < -0.39 is 22.9 Å². The Morgan fingerprint density at radius 3 is 2.39 bits per heavy atom. The predicted octanol–water partition coefficient (Wildman–Crippen LogP) is 1.47. The smallest absolute Gasteiger partial charge is 0.295 e. The molecule has 0 atom stereocenters. The molecule has 7 heteroatoms. The van der Waals surface area contributed by atoms with Crippen molar-refractivity contribution in [1.29, 1.82) is 0 Å². The van der Waals surface area contributed by atoms with Crippen molar-refractivity contribution in [3.05, 3.63) is 66.0 Å². The van der Waals surface area contributed by atoms with Crippen LogP contribution >= 0.6 is 22.6 Å². The Labute approximate surface area is 113 Å². The molecule has 4 nitrogen and oxygen atoms in total. The molecule has 0 spiro atoms. The number of halogens is 3. The zero-order valence-electron chi connectivity index (χ0n) is 8.91. The molecule has 1 aromatic heterocycles. The summed E-state index contributed by atoms with van der Waals surface area (Å²) in [6.45, 7) is -0.0136. The number of nitrogens with zero attached hydrogens (tertiary/aromatic N) is 1. The first-order valence-corrected chi connectivity index (χ1v) is 5.98. The number of rotatable bonds is 2. The van der Waals surface area contributed by atoms with Crippen LogP contribution in [0.15, 0.2) is 34.0 Å². The first kappa shape index (κ1) is 12.9. The molecule has 94 valence electrons. The van der Waals surface area contributed by atoms with Gasteiger partial charge in [0.2, 0.25) is 0 Å². The largest absolute Gasteiger partial charge is 0.328 e. The number of H-pyrrole nitrogens is 1. The summed E-state index contributed by atoms with van der Waals surface area (Å²) >= 11 is 1.77. The summed E-state index contributed by atoms with van der Waals surface area (Å²) in [5.41, 5.74) is -0.801. The third-order valence-corrected chi connectivity index (χ3v) is 3.01. The fourth-order valence-electron chi connectivity index (χ4n) is 1.50. The monoisotopic (exact) mass is 364 g/mol. The van der Waals surface area contributed by atoms with E-state index in [-0.39, 0.29) is 6.54 Å². The first-order valence-electron chi connectivity index (χ1n) is 4.90. The van der Waals surface area contributed by atoms with E-state index in [1.54, 1.807) is 22.6 Å². The molecule has 1 aromatic carbocycles. The third kappa shape index (κ3) is 2.84. The van der Waals surface area contributed by atoms with Gasteiger partial charge in [-0.25, -0.2) is 13.6 Å². The van der Waals surface area contributed by atoms with E-state index in [4.69, 9.17) is 0 Å². The average Bonchev–Trinajstić information content (AvgIpc) is 2.24. The van der Waals surface area contributed by atoms with Gasteiger partial charge in [0.1, 0.15) is 11.6 Å². The fourth-order valence-corrected chi connectivity index (χ4v) is 1.97. The number of hydrogen-bond acceptors (Lipinski definition) is 2. The van der Waals surface area contributed by atoms with Gasteiger partial charge < -0.3 is 0 Å². The van der Waals surface area contributed by atoms with Crippen LogP contribution in [-0.2, 0) is 6.54 Å². The quantitative estimate of drug-likeness (QED) is 0.821. The van der Waals surface area contributed by atoms with Gasteiger partial charge in [0, 0.05) is 12.3 Å². The predicted molar refractivity (Wildman–Crippen MR) is 69.5 cm³/mol. The first-order chi connectivity index (χ1) is 8.45. The van der Waals surface area contributed by atoms with Crippen molar-refractivity contribution in [2.24, 2.45) is 0 Å². The van der Waals surface area contributed by atoms with E-state index >= 15 is 0 Å². The Balaban J connectivity index is 2.43. The van der Waals surface area contributed by atoms with Gasteiger partial charge in [0.25, 0.3) is 5.56 Å². The molecular formula is C11H7F2IN2O2. The number of nitrogens with one attached hydrogen (secondary N) is 1. The van der Waals surface area contributed by atoms with Crippen molar-refractivity contribution < 1.29 is 8.78 Å². The summed E-state index contributed by atoms with van der Waals surface area (Å²) in [5, 5.41) is 0. The van der Waals surface area contributed by atoms with Gasteiger partial charge in [-0.1, -0.05) is 0 Å². The second kappa shape index (κ2) is 5.01. The van der Waals surface area contributed by atoms with Crippen LogP contribution in [0.5, 0.6) is 0 Å². The van der Waals surface area contributed by atoms with Crippen molar-refractivity contribution >= 4 is 22.6 Å². The van der Waals surface area contributed by atoms with E-state index in [0.29, 0.717) is 9.13 Å². The van der Waals surface area contributed by atoms with Crippen LogP contribution in [0.25, 0.3) is 0 Å². The van der Waals surface area contributed by atoms with E-state index in [1.165, 1.54) is 10.8 Å². The summed E-state index contributed by atoms with van der Waals surface area (Å²) in [7, 11) is 0. The molecule has 0 amide bonds. The molecule has 0 saturated heterocycles. The highest BCUT2D eigenvalue weighted by Crippen LogP contribution is 2.09. The van der Waals surface area contributed by atoms with Crippen LogP contribution in [0.2, 0.25) is 0 Å². The molecule has 0 bridgehead atoms. The Morgan fingerprint density at radius 2 is 1.78 bits per heavy atom.